The number of carbonyl (C=O) groups excluding carboxylic acids is 5. The molecule has 14 heteroatoms. The van der Waals surface area contributed by atoms with Crippen molar-refractivity contribution in [3.63, 3.8) is 0 Å². The topological polar surface area (TPSA) is 204 Å². The zero-order valence-electron chi connectivity index (χ0n) is 35.2. The Balaban J connectivity index is 1.42. The van der Waals surface area contributed by atoms with Gasteiger partial charge in [-0.1, -0.05) is 80.6 Å². The van der Waals surface area contributed by atoms with Crippen LogP contribution in [0, 0.1) is 16.7 Å². The van der Waals surface area contributed by atoms with Gasteiger partial charge in [0.1, 0.15) is 24.4 Å². The zero-order chi connectivity index (χ0) is 44.3. The lowest BCUT2D eigenvalue weighted by Gasteiger charge is -2.64. The summed E-state index contributed by atoms with van der Waals surface area (Å²) in [5.41, 5.74) is -2.74. The van der Waals surface area contributed by atoms with Crippen LogP contribution in [0.15, 0.2) is 102 Å². The van der Waals surface area contributed by atoms with Crippen LogP contribution in [0.2, 0.25) is 0 Å². The van der Waals surface area contributed by atoms with Gasteiger partial charge in [-0.25, -0.2) is 9.59 Å². The lowest BCUT2D eigenvalue weighted by atomic mass is 9.49. The van der Waals surface area contributed by atoms with Crippen molar-refractivity contribution >= 4 is 29.6 Å². The number of ketones is 1. The molecular weight excluding hydrogens is 787 g/mol. The average molecular weight is 842 g/mol. The van der Waals surface area contributed by atoms with Gasteiger partial charge in [0.05, 0.1) is 35.6 Å². The van der Waals surface area contributed by atoms with Crippen LogP contribution in [-0.4, -0.2) is 107 Å². The first-order valence-corrected chi connectivity index (χ1v) is 20.4. The summed E-state index contributed by atoms with van der Waals surface area (Å²) in [5.74, 6) is -4.71. The van der Waals surface area contributed by atoms with E-state index in [1.165, 1.54) is 14.0 Å². The standard InChI is InChI=1S/C47H55NO13/c1-27(32(22-23-49)59-44(56)38(52)37(29-16-10-7-11-17-29)48-42(54)30-18-12-8-13-19-30)36-39(57-6)41(53)46(5)34(51)24-35-47(26-58-35,61-28(2)50)40(46)33(25-45(36,3)4)60-43(55)31-20-14-9-15-21-31/h7-21,32-35,37-40,49,51-52H,22-26H2,1-6H3,(H,48,54)/b36-27-/t32-,33+,34-,35+,37?,38+,39+,40?,46+,47-/m0/s1. The molecule has 0 aromatic heterocycles. The number of carbonyl (C=O) groups is 5. The highest BCUT2D eigenvalue weighted by Gasteiger charge is 2.73. The van der Waals surface area contributed by atoms with Gasteiger partial charge >= 0.3 is 17.9 Å². The maximum absolute atomic E-state index is 15.4. The number of nitrogens with one attached hydrogen (secondary N) is 1. The second-order valence-corrected chi connectivity index (χ2v) is 16.9. The van der Waals surface area contributed by atoms with Crippen LogP contribution in [0.5, 0.6) is 0 Å². The highest BCUT2D eigenvalue weighted by atomic mass is 16.6. The van der Waals surface area contributed by atoms with Gasteiger partial charge in [-0.2, -0.15) is 0 Å². The molecule has 2 saturated carbocycles. The third-order valence-corrected chi connectivity index (χ3v) is 12.6. The van der Waals surface area contributed by atoms with E-state index in [2.05, 4.69) is 5.32 Å². The quantitative estimate of drug-likeness (QED) is 0.107. The molecule has 61 heavy (non-hydrogen) atoms. The Bertz CT molecular complexity index is 2110. The van der Waals surface area contributed by atoms with Crippen molar-refractivity contribution in [2.45, 2.75) is 102 Å². The fraction of sp³-hybridized carbons (Fsp3) is 0.468. The number of Topliss-reactive ketones (excluding diaryl/α,β-unsaturated/α-hetero) is 1. The van der Waals surface area contributed by atoms with Crippen LogP contribution >= 0.6 is 0 Å². The van der Waals surface area contributed by atoms with Crippen LogP contribution in [-0.2, 0) is 38.1 Å². The van der Waals surface area contributed by atoms with E-state index in [0.717, 1.165) is 0 Å². The Hall–Kier alpha value is -5.25. The van der Waals surface area contributed by atoms with Gasteiger partial charge in [0, 0.05) is 39.0 Å². The largest absolute Gasteiger partial charge is 0.458 e. The summed E-state index contributed by atoms with van der Waals surface area (Å²) >= 11 is 0. The number of hydrogen-bond donors (Lipinski definition) is 4. The molecule has 10 atom stereocenters. The number of rotatable bonds is 13. The Labute approximate surface area is 355 Å². The minimum Gasteiger partial charge on any atom is -0.458 e. The maximum atomic E-state index is 15.4. The number of amides is 1. The molecule has 0 bridgehead atoms. The van der Waals surface area contributed by atoms with Crippen molar-refractivity contribution in [3.8, 4) is 0 Å². The molecule has 2 unspecified atom stereocenters. The van der Waals surface area contributed by atoms with E-state index >= 15 is 4.79 Å². The summed E-state index contributed by atoms with van der Waals surface area (Å²) in [5, 5.41) is 36.7. The third-order valence-electron chi connectivity index (χ3n) is 12.6. The Kier molecular flexibility index (Phi) is 13.6. The molecule has 1 amide bonds. The van der Waals surface area contributed by atoms with Gasteiger partial charge < -0.3 is 44.3 Å². The highest BCUT2D eigenvalue weighted by molar-refractivity contribution is 5.95. The molecule has 6 rings (SSSR count). The predicted molar refractivity (Wildman–Crippen MR) is 220 cm³/mol. The first kappa shape index (κ1) is 45.3. The van der Waals surface area contributed by atoms with Crippen LogP contribution in [0.3, 0.4) is 0 Å². The van der Waals surface area contributed by atoms with Crippen molar-refractivity contribution in [3.05, 3.63) is 119 Å². The molecule has 14 nitrogen and oxygen atoms in total. The molecule has 3 aromatic rings. The molecule has 0 spiro atoms. The van der Waals surface area contributed by atoms with Gasteiger partial charge in [-0.15, -0.1) is 0 Å². The van der Waals surface area contributed by atoms with E-state index in [9.17, 15) is 34.5 Å². The van der Waals surface area contributed by atoms with E-state index in [0.29, 0.717) is 22.3 Å². The van der Waals surface area contributed by atoms with Crippen molar-refractivity contribution < 1.29 is 63.0 Å². The fourth-order valence-corrected chi connectivity index (χ4v) is 9.70. The number of benzene rings is 3. The zero-order valence-corrected chi connectivity index (χ0v) is 35.2. The van der Waals surface area contributed by atoms with Gasteiger partial charge in [-0.05, 0) is 66.7 Å². The molecule has 3 aromatic carbocycles. The lowest BCUT2D eigenvalue weighted by Crippen LogP contribution is -2.78. The van der Waals surface area contributed by atoms with Crippen LogP contribution in [0.25, 0.3) is 0 Å². The average Bonchev–Trinajstić information content (AvgIpc) is 3.24. The SMILES string of the molecule is CO[C@H]1C(=O)[C@@]2(C)C([C@H](OC(=O)c3ccccc3)CC(C)(C)/C1=C(/C)[C@H](CCO)OC(=O)[C@H](O)C(NC(=O)c1ccccc1)c1ccccc1)[C@]1(OC(C)=O)CO[C@@H]1C[C@@H]2O. The monoisotopic (exact) mass is 841 g/mol. The van der Waals surface area contributed by atoms with E-state index in [1.807, 2.05) is 0 Å². The summed E-state index contributed by atoms with van der Waals surface area (Å²) in [6.07, 6.45) is -8.13. The van der Waals surface area contributed by atoms with Gasteiger partial charge in [-0.3, -0.25) is 14.4 Å². The Morgan fingerprint density at radius 1 is 0.902 bits per heavy atom. The lowest BCUT2D eigenvalue weighted by molar-refractivity contribution is -0.331. The fourth-order valence-electron chi connectivity index (χ4n) is 9.70. The third kappa shape index (κ3) is 8.78. The van der Waals surface area contributed by atoms with Gasteiger partial charge in [0.25, 0.3) is 5.91 Å². The first-order valence-electron chi connectivity index (χ1n) is 20.4. The smallest absolute Gasteiger partial charge is 0.338 e. The number of esters is 3. The van der Waals surface area contributed by atoms with Crippen molar-refractivity contribution in [1.82, 2.24) is 5.32 Å². The normalized spacial score (nSPS) is 29.1. The molecule has 1 heterocycles. The summed E-state index contributed by atoms with van der Waals surface area (Å²) in [6, 6.07) is 23.8. The van der Waals surface area contributed by atoms with Crippen LogP contribution in [0.1, 0.15) is 86.2 Å². The van der Waals surface area contributed by atoms with E-state index in [1.54, 1.807) is 119 Å². The maximum Gasteiger partial charge on any atom is 0.338 e. The number of fused-ring (bicyclic) bond motifs is 3. The number of ether oxygens (including phenoxy) is 5. The second kappa shape index (κ2) is 18.4. The molecule has 0 radical (unpaired) electrons. The van der Waals surface area contributed by atoms with Crippen molar-refractivity contribution in [2.75, 3.05) is 20.3 Å². The summed E-state index contributed by atoms with van der Waals surface area (Å²) < 4.78 is 30.4. The molecule has 2 aliphatic carbocycles. The summed E-state index contributed by atoms with van der Waals surface area (Å²) in [6.45, 7) is 7.46. The number of aliphatic hydroxyl groups excluding tert-OH is 3. The number of aliphatic hydroxyl groups is 3. The van der Waals surface area contributed by atoms with E-state index in [-0.39, 0.29) is 31.4 Å². The number of hydrogen-bond acceptors (Lipinski definition) is 13. The summed E-state index contributed by atoms with van der Waals surface area (Å²) in [7, 11) is 1.34. The van der Waals surface area contributed by atoms with E-state index < -0.39 is 101 Å². The van der Waals surface area contributed by atoms with Gasteiger partial charge in [0.2, 0.25) is 0 Å². The molecule has 3 aliphatic rings. The minimum atomic E-state index is -1.92. The number of methoxy groups -OCH3 is 1. The van der Waals surface area contributed by atoms with Gasteiger partial charge in [0.15, 0.2) is 17.5 Å². The van der Waals surface area contributed by atoms with Crippen LogP contribution < -0.4 is 5.32 Å². The summed E-state index contributed by atoms with van der Waals surface area (Å²) in [4.78, 5) is 69.5. The highest BCUT2D eigenvalue weighted by Crippen LogP contribution is 2.60. The van der Waals surface area contributed by atoms with E-state index in [4.69, 9.17) is 23.7 Å². The first-order chi connectivity index (χ1) is 29.0. The Morgan fingerprint density at radius 2 is 1.49 bits per heavy atom. The predicted octanol–water partition coefficient (Wildman–Crippen LogP) is 4.46. The molecule has 326 valence electrons. The second-order valence-electron chi connectivity index (χ2n) is 16.9. The molecule has 4 N–H and O–H groups in total. The molecule has 1 saturated heterocycles. The molecular formula is C47H55NO13. The van der Waals surface area contributed by atoms with Crippen molar-refractivity contribution in [1.29, 1.82) is 0 Å². The van der Waals surface area contributed by atoms with Crippen molar-refractivity contribution in [2.24, 2.45) is 16.7 Å². The molecule has 3 fully saturated rings. The minimum absolute atomic E-state index is 0.00187. The Morgan fingerprint density at radius 3 is 2.03 bits per heavy atom. The molecule has 1 aliphatic heterocycles. The van der Waals surface area contributed by atoms with Crippen LogP contribution in [0.4, 0.5) is 0 Å².